The van der Waals surface area contributed by atoms with Crippen molar-refractivity contribution in [3.63, 3.8) is 0 Å². The van der Waals surface area contributed by atoms with E-state index in [1.165, 1.54) is 12.1 Å². The van der Waals surface area contributed by atoms with Gasteiger partial charge in [-0.2, -0.15) is 0 Å². The number of nitrogens with one attached hydrogen (secondary N) is 1. The zero-order valence-corrected chi connectivity index (χ0v) is 16.0. The molecule has 2 saturated heterocycles. The molecule has 2 aliphatic heterocycles. The average Bonchev–Trinajstić information content (AvgIpc) is 2.90. The molecule has 4 rings (SSSR count). The molecule has 3 unspecified atom stereocenters. The predicted molar refractivity (Wildman–Crippen MR) is 104 cm³/mol. The Kier molecular flexibility index (Phi) is 5.43. The van der Waals surface area contributed by atoms with Gasteiger partial charge in [-0.25, -0.2) is 4.39 Å². The lowest BCUT2D eigenvalue weighted by atomic mass is 10.1. The van der Waals surface area contributed by atoms with Crippen molar-refractivity contribution in [2.75, 3.05) is 17.8 Å². The molecule has 8 heteroatoms. The smallest absolute Gasteiger partial charge is 0.253 e. The van der Waals surface area contributed by atoms with Gasteiger partial charge in [0, 0.05) is 54.2 Å². The lowest BCUT2D eigenvalue weighted by Gasteiger charge is -2.41. The van der Waals surface area contributed by atoms with E-state index in [2.05, 4.69) is 9.62 Å². The summed E-state index contributed by atoms with van der Waals surface area (Å²) in [7, 11) is 0. The zero-order valence-electron chi connectivity index (χ0n) is 15.2. The summed E-state index contributed by atoms with van der Waals surface area (Å²) >= 11 is -2.38. The van der Waals surface area contributed by atoms with Crippen molar-refractivity contribution in [2.45, 2.75) is 31.5 Å². The highest BCUT2D eigenvalue weighted by Crippen LogP contribution is 2.32. The summed E-state index contributed by atoms with van der Waals surface area (Å²) in [5, 5.41) is 0. The molecule has 2 aromatic carbocycles. The number of hydrogen-bond donors (Lipinski definition) is 1. The van der Waals surface area contributed by atoms with Gasteiger partial charge in [0.25, 0.3) is 5.91 Å². The van der Waals surface area contributed by atoms with Gasteiger partial charge in [0.1, 0.15) is 5.82 Å². The second kappa shape index (κ2) is 7.98. The lowest BCUT2D eigenvalue weighted by Crippen LogP contribution is -2.54. The van der Waals surface area contributed by atoms with Crippen LogP contribution in [-0.4, -0.2) is 49.6 Å². The molecule has 2 heterocycles. The van der Waals surface area contributed by atoms with Crippen molar-refractivity contribution in [1.82, 2.24) is 9.80 Å². The normalized spacial score (nSPS) is 22.9. The second-order valence-corrected chi connectivity index (χ2v) is 7.98. The first-order valence-corrected chi connectivity index (χ1v) is 10.3. The van der Waals surface area contributed by atoms with Gasteiger partial charge in [0.05, 0.1) is 0 Å². The van der Waals surface area contributed by atoms with Crippen LogP contribution in [-0.2, 0) is 17.8 Å². The number of piperazine rings is 1. The van der Waals surface area contributed by atoms with Crippen molar-refractivity contribution >= 4 is 22.9 Å². The summed E-state index contributed by atoms with van der Waals surface area (Å²) in [6, 6.07) is 13.7. The number of likely N-dealkylation sites (tertiary alicyclic amines) is 1. The Morgan fingerprint density at radius 3 is 2.25 bits per heavy atom. The number of anilines is 1. The van der Waals surface area contributed by atoms with Crippen LogP contribution < -0.4 is 4.72 Å². The second-order valence-electron chi connectivity index (χ2n) is 7.31. The first-order valence-electron chi connectivity index (χ1n) is 9.25. The molecule has 3 atom stereocenters. The van der Waals surface area contributed by atoms with Crippen LogP contribution in [0.5, 0.6) is 0 Å². The van der Waals surface area contributed by atoms with Gasteiger partial charge in [0.15, 0.2) is 0 Å². The molecule has 1 N–H and O–H groups in total. The maximum absolute atomic E-state index is 13.1. The number of amides is 1. The van der Waals surface area contributed by atoms with Gasteiger partial charge in [0.2, 0.25) is 0 Å². The van der Waals surface area contributed by atoms with Crippen LogP contribution in [0.2, 0.25) is 0 Å². The van der Waals surface area contributed by atoms with E-state index in [-0.39, 0.29) is 11.7 Å². The van der Waals surface area contributed by atoms with Gasteiger partial charge >= 0.3 is 0 Å². The highest BCUT2D eigenvalue weighted by molar-refractivity contribution is 7.80. The molecular formula is C20H21FN3O3S-. The van der Waals surface area contributed by atoms with Crippen molar-refractivity contribution < 1.29 is 17.9 Å². The minimum atomic E-state index is -2.38. The molecule has 148 valence electrons. The zero-order chi connectivity index (χ0) is 19.7. The van der Waals surface area contributed by atoms with E-state index in [0.29, 0.717) is 36.4 Å². The van der Waals surface area contributed by atoms with E-state index in [9.17, 15) is 17.9 Å². The molecule has 0 aliphatic carbocycles. The van der Waals surface area contributed by atoms with Gasteiger partial charge < -0.3 is 14.2 Å². The van der Waals surface area contributed by atoms with Gasteiger partial charge in [-0.05, 0) is 54.8 Å². The van der Waals surface area contributed by atoms with Crippen LogP contribution in [0.25, 0.3) is 0 Å². The van der Waals surface area contributed by atoms with Crippen LogP contribution in [0.1, 0.15) is 28.8 Å². The molecule has 2 bridgehead atoms. The fourth-order valence-electron chi connectivity index (χ4n) is 4.17. The highest BCUT2D eigenvalue weighted by atomic mass is 32.2. The summed E-state index contributed by atoms with van der Waals surface area (Å²) in [4.78, 5) is 17.2. The molecule has 2 fully saturated rings. The van der Waals surface area contributed by atoms with Crippen LogP contribution in [0.15, 0.2) is 48.5 Å². The molecule has 2 aliphatic rings. The molecule has 0 saturated carbocycles. The Hall–Kier alpha value is -2.29. The van der Waals surface area contributed by atoms with Crippen LogP contribution in [0.4, 0.5) is 10.1 Å². The maximum Gasteiger partial charge on any atom is 0.253 e. The first kappa shape index (κ1) is 19.0. The fourth-order valence-corrected chi connectivity index (χ4v) is 4.50. The van der Waals surface area contributed by atoms with E-state index < -0.39 is 11.3 Å². The quantitative estimate of drug-likeness (QED) is 0.780. The van der Waals surface area contributed by atoms with Crippen molar-refractivity contribution in [3.8, 4) is 0 Å². The molecule has 0 aromatic heterocycles. The topological polar surface area (TPSA) is 75.7 Å². The van der Waals surface area contributed by atoms with Crippen molar-refractivity contribution in [1.29, 1.82) is 0 Å². The third kappa shape index (κ3) is 4.09. The Bertz CT molecular complexity index is 861. The summed E-state index contributed by atoms with van der Waals surface area (Å²) < 4.78 is 36.8. The molecule has 1 amide bonds. The highest BCUT2D eigenvalue weighted by Gasteiger charge is 2.41. The van der Waals surface area contributed by atoms with E-state index in [0.717, 1.165) is 24.9 Å². The summed E-state index contributed by atoms with van der Waals surface area (Å²) in [6.07, 6.45) is 2.10. The van der Waals surface area contributed by atoms with E-state index in [4.69, 9.17) is 0 Å². The van der Waals surface area contributed by atoms with Crippen molar-refractivity contribution in [2.24, 2.45) is 0 Å². The Morgan fingerprint density at radius 2 is 1.68 bits per heavy atom. The molecule has 0 radical (unpaired) electrons. The Balaban J connectivity index is 1.41. The fraction of sp³-hybridized carbons (Fsp3) is 0.350. The molecule has 6 nitrogen and oxygen atoms in total. The summed E-state index contributed by atoms with van der Waals surface area (Å²) in [6.45, 7) is 2.10. The van der Waals surface area contributed by atoms with Crippen LogP contribution in [0, 0.1) is 5.82 Å². The van der Waals surface area contributed by atoms with Crippen molar-refractivity contribution in [3.05, 3.63) is 65.5 Å². The first-order chi connectivity index (χ1) is 13.5. The van der Waals surface area contributed by atoms with E-state index in [1.54, 1.807) is 24.3 Å². The van der Waals surface area contributed by atoms with E-state index >= 15 is 0 Å². The minimum Gasteiger partial charge on any atom is -0.755 e. The number of halogens is 1. The molecular weight excluding hydrogens is 381 g/mol. The molecule has 0 spiro atoms. The number of carbonyl (C=O) groups is 1. The minimum absolute atomic E-state index is 0.0341. The Labute approximate surface area is 165 Å². The average molecular weight is 402 g/mol. The number of benzene rings is 2. The lowest BCUT2D eigenvalue weighted by molar-refractivity contribution is 0.0423. The molecule has 2 aromatic rings. The SMILES string of the molecule is O=C(c1ccc(NS(=O)[O-])cc1)N1CC2CCC(C1)N2Cc1ccc(F)cc1. The largest absolute Gasteiger partial charge is 0.755 e. The summed E-state index contributed by atoms with van der Waals surface area (Å²) in [5.41, 5.74) is 2.06. The predicted octanol–water partition coefficient (Wildman–Crippen LogP) is 2.52. The van der Waals surface area contributed by atoms with Gasteiger partial charge in [-0.15, -0.1) is 0 Å². The number of hydrogen-bond acceptors (Lipinski definition) is 4. The summed E-state index contributed by atoms with van der Waals surface area (Å²) in [5.74, 6) is -0.266. The number of carbonyl (C=O) groups excluding carboxylic acids is 1. The van der Waals surface area contributed by atoms with Crippen LogP contribution in [0.3, 0.4) is 0 Å². The number of nitrogens with zero attached hydrogens (tertiary/aromatic N) is 2. The Morgan fingerprint density at radius 1 is 1.07 bits per heavy atom. The maximum atomic E-state index is 13.1. The molecule has 28 heavy (non-hydrogen) atoms. The number of fused-ring (bicyclic) bond motifs is 2. The van der Waals surface area contributed by atoms with E-state index in [1.807, 2.05) is 17.0 Å². The van der Waals surface area contributed by atoms with Gasteiger partial charge in [-0.1, -0.05) is 12.1 Å². The third-order valence-corrected chi connectivity index (χ3v) is 5.93. The number of rotatable bonds is 5. The monoisotopic (exact) mass is 402 g/mol. The standard InChI is InChI=1S/C20H22FN3O3S/c21-16-5-1-14(2-6-16)11-24-18-9-10-19(24)13-23(12-18)20(25)15-3-7-17(8-4-15)22-28(26)27/h1-8,18-19,22H,9-13H2,(H,26,27)/p-1. The van der Waals surface area contributed by atoms with Gasteiger partial charge in [-0.3, -0.25) is 13.9 Å². The third-order valence-electron chi connectivity index (χ3n) is 5.53. The van der Waals surface area contributed by atoms with Crippen LogP contribution >= 0.6 is 0 Å².